The van der Waals surface area contributed by atoms with Gasteiger partial charge in [-0.15, -0.1) is 0 Å². The second-order valence-corrected chi connectivity index (χ2v) is 9.04. The van der Waals surface area contributed by atoms with Gasteiger partial charge in [-0.1, -0.05) is 0 Å². The van der Waals surface area contributed by atoms with Gasteiger partial charge in [0, 0.05) is 0 Å². The summed E-state index contributed by atoms with van der Waals surface area (Å²) in [6.45, 7) is 0. The van der Waals surface area contributed by atoms with Crippen LogP contribution in [0.1, 0.15) is 0 Å². The molecule has 13 heavy (non-hydrogen) atoms. The SMILES string of the molecule is [Br][V][Br].c1cc[cH-]c1.c1cc[cH-]c1. The second kappa shape index (κ2) is 12.2. The molecule has 0 unspecified atom stereocenters. The van der Waals surface area contributed by atoms with Crippen molar-refractivity contribution in [2.45, 2.75) is 0 Å². The summed E-state index contributed by atoms with van der Waals surface area (Å²) in [6, 6.07) is 20.0. The predicted octanol–water partition coefficient (Wildman–Crippen LogP) is 4.50. The van der Waals surface area contributed by atoms with Crippen molar-refractivity contribution in [2.24, 2.45) is 0 Å². The largest absolute Gasteiger partial charge is 0.214 e. The molecule has 71 valence electrons. The molecule has 2 aromatic rings. The van der Waals surface area contributed by atoms with Crippen molar-refractivity contribution in [1.29, 1.82) is 0 Å². The van der Waals surface area contributed by atoms with Crippen LogP contribution in [-0.2, 0) is 12.5 Å². The fourth-order valence-electron chi connectivity index (χ4n) is 0.642. The summed E-state index contributed by atoms with van der Waals surface area (Å²) >= 11 is 6.62. The first kappa shape index (κ1) is 13.2. The zero-order chi connectivity index (χ0) is 9.78. The van der Waals surface area contributed by atoms with Gasteiger partial charge >= 0.3 is 40.1 Å². The Bertz CT molecular complexity index is 165. The van der Waals surface area contributed by atoms with Crippen molar-refractivity contribution in [3.63, 3.8) is 0 Å². The molecule has 0 spiro atoms. The molecular formula is C10H10Br2V-2. The van der Waals surface area contributed by atoms with Gasteiger partial charge in [0.05, 0.1) is 0 Å². The third kappa shape index (κ3) is 12.2. The molecule has 2 aromatic carbocycles. The molecule has 0 saturated carbocycles. The van der Waals surface area contributed by atoms with E-state index < -0.39 is 0 Å². The van der Waals surface area contributed by atoms with E-state index in [1.165, 1.54) is 0 Å². The summed E-state index contributed by atoms with van der Waals surface area (Å²) in [7, 11) is 0. The summed E-state index contributed by atoms with van der Waals surface area (Å²) < 4.78 is 0. The predicted molar refractivity (Wildman–Crippen MR) is 61.9 cm³/mol. The normalized spacial score (nSPS) is 7.23. The number of halogens is 2. The van der Waals surface area contributed by atoms with E-state index >= 15 is 0 Å². The first-order valence-electron chi connectivity index (χ1n) is 3.67. The molecule has 0 saturated heterocycles. The monoisotopic (exact) mass is 339 g/mol. The minimum absolute atomic E-state index is 0.312. The average Bonchev–Trinajstić information content (AvgIpc) is 2.85. The maximum Gasteiger partial charge on any atom is -0.172 e. The molecule has 0 heterocycles. The molecule has 2 rings (SSSR count). The molecule has 0 N–H and O–H groups in total. The van der Waals surface area contributed by atoms with Crippen molar-refractivity contribution in [1.82, 2.24) is 0 Å². The molecule has 0 amide bonds. The van der Waals surface area contributed by atoms with Crippen molar-refractivity contribution in [2.75, 3.05) is 0 Å². The first-order chi connectivity index (χ1) is 6.41. The van der Waals surface area contributed by atoms with Crippen LogP contribution in [0.3, 0.4) is 0 Å². The minimum Gasteiger partial charge on any atom is -0.214 e. The molecule has 0 fully saturated rings. The Labute approximate surface area is 100 Å². The zero-order valence-corrected chi connectivity index (χ0v) is 11.5. The first-order valence-corrected chi connectivity index (χ1v) is 10.6. The topological polar surface area (TPSA) is 0 Å². The van der Waals surface area contributed by atoms with Gasteiger partial charge in [0.25, 0.3) is 0 Å². The van der Waals surface area contributed by atoms with E-state index in [9.17, 15) is 0 Å². The molecule has 3 heteroatoms. The van der Waals surface area contributed by atoms with E-state index in [0.29, 0.717) is 12.5 Å². The summed E-state index contributed by atoms with van der Waals surface area (Å²) in [5.74, 6) is 0. The molecule has 0 bridgehead atoms. The fraction of sp³-hybridized carbons (Fsp3) is 0. The quantitative estimate of drug-likeness (QED) is 0.619. The van der Waals surface area contributed by atoms with Crippen LogP contribution in [0.4, 0.5) is 0 Å². The van der Waals surface area contributed by atoms with Crippen LogP contribution in [0, 0.1) is 0 Å². The number of hydrogen-bond donors (Lipinski definition) is 0. The molecule has 0 radical (unpaired) electrons. The van der Waals surface area contributed by atoms with Gasteiger partial charge in [-0.05, 0) is 0 Å². The van der Waals surface area contributed by atoms with Gasteiger partial charge in [0.15, 0.2) is 0 Å². The smallest absolute Gasteiger partial charge is 0.172 e. The maximum absolute atomic E-state index is 3.16. The van der Waals surface area contributed by atoms with Crippen LogP contribution < -0.4 is 0 Å². The van der Waals surface area contributed by atoms with Crippen molar-refractivity contribution in [3.05, 3.63) is 60.7 Å². The Morgan fingerprint density at radius 3 is 1.00 bits per heavy atom. The third-order valence-electron chi connectivity index (χ3n) is 1.11. The van der Waals surface area contributed by atoms with E-state index in [4.69, 9.17) is 0 Å². The third-order valence-corrected chi connectivity index (χ3v) is 1.11. The van der Waals surface area contributed by atoms with Crippen LogP contribution in [0.5, 0.6) is 0 Å². The van der Waals surface area contributed by atoms with Crippen LogP contribution in [-0.4, -0.2) is 0 Å². The average molecular weight is 341 g/mol. The molecule has 0 aromatic heterocycles. The van der Waals surface area contributed by atoms with E-state index in [-0.39, 0.29) is 0 Å². The number of rotatable bonds is 0. The van der Waals surface area contributed by atoms with Crippen molar-refractivity contribution < 1.29 is 12.5 Å². The summed E-state index contributed by atoms with van der Waals surface area (Å²) in [4.78, 5) is 0. The van der Waals surface area contributed by atoms with E-state index in [0.717, 1.165) is 0 Å². The molecule has 0 aliphatic heterocycles. The van der Waals surface area contributed by atoms with Crippen LogP contribution in [0.15, 0.2) is 60.7 Å². The van der Waals surface area contributed by atoms with Gasteiger partial charge in [-0.3, -0.25) is 0 Å². The van der Waals surface area contributed by atoms with E-state index in [2.05, 4.69) is 27.6 Å². The van der Waals surface area contributed by atoms with Crippen LogP contribution in [0.2, 0.25) is 0 Å². The summed E-state index contributed by atoms with van der Waals surface area (Å²) in [5.41, 5.74) is 0. The van der Waals surface area contributed by atoms with Gasteiger partial charge in [-0.25, -0.2) is 24.3 Å². The Hall–Kier alpha value is 0.244. The van der Waals surface area contributed by atoms with Crippen LogP contribution in [0.25, 0.3) is 0 Å². The van der Waals surface area contributed by atoms with Gasteiger partial charge in [0.2, 0.25) is 0 Å². The number of hydrogen-bond acceptors (Lipinski definition) is 0. The van der Waals surface area contributed by atoms with Crippen molar-refractivity contribution in [3.8, 4) is 0 Å². The Morgan fingerprint density at radius 2 is 0.923 bits per heavy atom. The van der Waals surface area contributed by atoms with Gasteiger partial charge in [0.1, 0.15) is 0 Å². The summed E-state index contributed by atoms with van der Waals surface area (Å²) in [5, 5.41) is 0. The zero-order valence-electron chi connectivity index (χ0n) is 6.98. The Balaban J connectivity index is 0.000000174. The molecule has 0 aliphatic rings. The summed E-state index contributed by atoms with van der Waals surface area (Å²) in [6.07, 6.45) is 0. The standard InChI is InChI=1S/2C5H5.2BrH.V/c2*1-2-4-5-3-1;;;/h2*1-5H;2*1H;/q2*-1;;;+2/p-2. The van der Waals surface area contributed by atoms with Gasteiger partial charge in [-0.2, -0.15) is 36.4 Å². The van der Waals surface area contributed by atoms with E-state index in [1.807, 2.05) is 60.7 Å². The Morgan fingerprint density at radius 1 is 0.692 bits per heavy atom. The molecule has 0 atom stereocenters. The van der Waals surface area contributed by atoms with E-state index in [1.54, 1.807) is 0 Å². The minimum atomic E-state index is 0.312. The van der Waals surface area contributed by atoms with Crippen molar-refractivity contribution >= 4 is 27.6 Å². The van der Waals surface area contributed by atoms with Crippen LogP contribution >= 0.6 is 27.6 Å². The maximum atomic E-state index is 3.16. The fourth-order valence-corrected chi connectivity index (χ4v) is 0.642. The van der Waals surface area contributed by atoms with Gasteiger partial charge < -0.3 is 0 Å². The molecule has 0 aliphatic carbocycles. The Kier molecular flexibility index (Phi) is 12.5. The molecule has 0 nitrogen and oxygen atoms in total. The molecular weight excluding hydrogens is 331 g/mol. The second-order valence-electron chi connectivity index (χ2n) is 1.99.